The molecule has 21 heavy (non-hydrogen) atoms. The number of carbonyl (C=O) groups is 1. The van der Waals surface area contributed by atoms with Gasteiger partial charge in [0.15, 0.2) is 0 Å². The molecule has 5 nitrogen and oxygen atoms in total. The number of piperazine rings is 1. The molecule has 0 saturated carbocycles. The maximum Gasteiger partial charge on any atom is 0.317 e. The maximum atomic E-state index is 12.3. The fourth-order valence-electron chi connectivity index (χ4n) is 3.30. The highest BCUT2D eigenvalue weighted by Gasteiger charge is 2.28. The average molecular weight is 288 g/mol. The van der Waals surface area contributed by atoms with E-state index in [2.05, 4.69) is 53.8 Å². The molecule has 0 aliphatic carbocycles. The Morgan fingerprint density at radius 3 is 3.05 bits per heavy atom. The highest BCUT2D eigenvalue weighted by molar-refractivity contribution is 5.74. The van der Waals surface area contributed by atoms with E-state index < -0.39 is 0 Å². The zero-order chi connectivity index (χ0) is 14.8. The molecule has 1 aromatic rings. The third kappa shape index (κ3) is 3.04. The monoisotopic (exact) mass is 288 g/mol. The molecule has 1 unspecified atom stereocenters. The van der Waals surface area contributed by atoms with E-state index in [1.807, 2.05) is 4.90 Å². The van der Waals surface area contributed by atoms with E-state index >= 15 is 0 Å². The standard InChI is InChI=1S/C16H24N4O/c1-12-10-20(8-7-17-12)16(21)18-9-15-14-6-4-3-5-13(14)11-19(15)2/h3-6,12,15,17H,7-11H2,1-2H3,(H,18,21)/t12-,15?/m0/s1. The summed E-state index contributed by atoms with van der Waals surface area (Å²) in [4.78, 5) is 16.5. The lowest BCUT2D eigenvalue weighted by Gasteiger charge is -2.32. The third-order valence-electron chi connectivity index (χ3n) is 4.47. The Morgan fingerprint density at radius 2 is 2.24 bits per heavy atom. The first-order valence-corrected chi connectivity index (χ1v) is 7.69. The number of hydrogen-bond donors (Lipinski definition) is 2. The second-order valence-electron chi connectivity index (χ2n) is 6.12. The molecule has 5 heteroatoms. The van der Waals surface area contributed by atoms with Crippen molar-refractivity contribution in [1.29, 1.82) is 0 Å². The summed E-state index contributed by atoms with van der Waals surface area (Å²) in [5.41, 5.74) is 2.71. The molecular formula is C16H24N4O. The highest BCUT2D eigenvalue weighted by atomic mass is 16.2. The molecule has 0 aromatic heterocycles. The smallest absolute Gasteiger partial charge is 0.317 e. The van der Waals surface area contributed by atoms with Crippen molar-refractivity contribution < 1.29 is 4.79 Å². The van der Waals surface area contributed by atoms with Crippen molar-refractivity contribution in [2.45, 2.75) is 25.6 Å². The van der Waals surface area contributed by atoms with Crippen LogP contribution in [0.25, 0.3) is 0 Å². The SMILES string of the molecule is C[C@H]1CN(C(=O)NCC2c3ccccc3CN2C)CCN1. The van der Waals surface area contributed by atoms with Crippen molar-refractivity contribution in [1.82, 2.24) is 20.4 Å². The molecule has 2 amide bonds. The summed E-state index contributed by atoms with van der Waals surface area (Å²) in [7, 11) is 2.11. The number of carbonyl (C=O) groups excluding carboxylic acids is 1. The molecule has 1 aromatic carbocycles. The lowest BCUT2D eigenvalue weighted by atomic mass is 10.1. The summed E-state index contributed by atoms with van der Waals surface area (Å²) in [6, 6.07) is 9.21. The van der Waals surface area contributed by atoms with Crippen LogP contribution in [0, 0.1) is 0 Å². The summed E-state index contributed by atoms with van der Waals surface area (Å²) in [6.07, 6.45) is 0. The highest BCUT2D eigenvalue weighted by Crippen LogP contribution is 2.31. The van der Waals surface area contributed by atoms with Gasteiger partial charge in [-0.25, -0.2) is 4.79 Å². The number of nitrogens with one attached hydrogen (secondary N) is 2. The van der Waals surface area contributed by atoms with Crippen LogP contribution in [0.2, 0.25) is 0 Å². The van der Waals surface area contributed by atoms with Crippen molar-refractivity contribution in [2.24, 2.45) is 0 Å². The van der Waals surface area contributed by atoms with Gasteiger partial charge in [-0.15, -0.1) is 0 Å². The normalized spacial score (nSPS) is 25.7. The first-order valence-electron chi connectivity index (χ1n) is 7.69. The maximum absolute atomic E-state index is 12.3. The van der Waals surface area contributed by atoms with Crippen molar-refractivity contribution in [3.05, 3.63) is 35.4 Å². The molecule has 114 valence electrons. The number of nitrogens with zero attached hydrogens (tertiary/aromatic N) is 2. The molecule has 2 aliphatic heterocycles. The van der Waals surface area contributed by atoms with E-state index in [0.29, 0.717) is 12.6 Å². The first-order chi connectivity index (χ1) is 10.1. The van der Waals surface area contributed by atoms with Crippen molar-refractivity contribution in [3.8, 4) is 0 Å². The van der Waals surface area contributed by atoms with Crippen LogP contribution in [-0.4, -0.2) is 55.1 Å². The van der Waals surface area contributed by atoms with Crippen LogP contribution >= 0.6 is 0 Å². The van der Waals surface area contributed by atoms with E-state index in [1.165, 1.54) is 11.1 Å². The van der Waals surface area contributed by atoms with Crippen LogP contribution in [0.4, 0.5) is 4.79 Å². The number of benzene rings is 1. The van der Waals surface area contributed by atoms with Crippen molar-refractivity contribution in [3.63, 3.8) is 0 Å². The fourth-order valence-corrected chi connectivity index (χ4v) is 3.30. The number of urea groups is 1. The van der Waals surface area contributed by atoms with Gasteiger partial charge in [0.1, 0.15) is 0 Å². The second-order valence-corrected chi connectivity index (χ2v) is 6.12. The van der Waals surface area contributed by atoms with E-state index in [-0.39, 0.29) is 12.1 Å². The van der Waals surface area contributed by atoms with Crippen LogP contribution in [0.15, 0.2) is 24.3 Å². The molecule has 0 bridgehead atoms. The summed E-state index contributed by atoms with van der Waals surface area (Å²) < 4.78 is 0. The Balaban J connectivity index is 1.59. The second kappa shape index (κ2) is 6.03. The summed E-state index contributed by atoms with van der Waals surface area (Å²) in [5.74, 6) is 0. The average Bonchev–Trinajstić information content (AvgIpc) is 2.80. The fraction of sp³-hybridized carbons (Fsp3) is 0.562. The quantitative estimate of drug-likeness (QED) is 0.859. The molecular weight excluding hydrogens is 264 g/mol. The van der Waals surface area contributed by atoms with Gasteiger partial charge in [-0.2, -0.15) is 0 Å². The van der Waals surface area contributed by atoms with Gasteiger partial charge in [0.05, 0.1) is 6.04 Å². The topological polar surface area (TPSA) is 47.6 Å². The minimum atomic E-state index is 0.0566. The van der Waals surface area contributed by atoms with Crippen LogP contribution in [0.5, 0.6) is 0 Å². The van der Waals surface area contributed by atoms with Crippen molar-refractivity contribution in [2.75, 3.05) is 33.2 Å². The molecule has 2 N–H and O–H groups in total. The summed E-state index contributed by atoms with van der Waals surface area (Å²) in [6.45, 7) is 6.18. The number of hydrogen-bond acceptors (Lipinski definition) is 3. The van der Waals surface area contributed by atoms with Gasteiger partial charge in [-0.3, -0.25) is 4.90 Å². The van der Waals surface area contributed by atoms with Crippen LogP contribution in [0.1, 0.15) is 24.1 Å². The number of rotatable bonds is 2. The van der Waals surface area contributed by atoms with E-state index in [1.54, 1.807) is 0 Å². The van der Waals surface area contributed by atoms with Gasteiger partial charge >= 0.3 is 6.03 Å². The molecule has 1 fully saturated rings. The molecule has 3 rings (SSSR count). The Labute approximate surface area is 126 Å². The zero-order valence-electron chi connectivity index (χ0n) is 12.8. The summed E-state index contributed by atoms with van der Waals surface area (Å²) in [5, 5.41) is 6.46. The molecule has 2 heterocycles. The van der Waals surface area contributed by atoms with Crippen LogP contribution in [-0.2, 0) is 6.54 Å². The zero-order valence-corrected chi connectivity index (χ0v) is 12.8. The van der Waals surface area contributed by atoms with Gasteiger partial charge < -0.3 is 15.5 Å². The van der Waals surface area contributed by atoms with Gasteiger partial charge in [-0.1, -0.05) is 24.3 Å². The predicted octanol–water partition coefficient (Wildman–Crippen LogP) is 1.18. The van der Waals surface area contributed by atoms with Gasteiger partial charge in [0, 0.05) is 38.8 Å². The number of fused-ring (bicyclic) bond motifs is 1. The van der Waals surface area contributed by atoms with Gasteiger partial charge in [-0.05, 0) is 25.1 Å². The summed E-state index contributed by atoms with van der Waals surface area (Å²) >= 11 is 0. The minimum absolute atomic E-state index is 0.0566. The van der Waals surface area contributed by atoms with E-state index in [9.17, 15) is 4.79 Å². The number of likely N-dealkylation sites (N-methyl/N-ethyl adjacent to an activating group) is 1. The number of amides is 2. The Hall–Kier alpha value is -1.59. The molecule has 1 saturated heterocycles. The third-order valence-corrected chi connectivity index (χ3v) is 4.47. The van der Waals surface area contributed by atoms with Crippen molar-refractivity contribution >= 4 is 6.03 Å². The van der Waals surface area contributed by atoms with Gasteiger partial charge in [0.2, 0.25) is 0 Å². The Bertz CT molecular complexity index is 519. The lowest BCUT2D eigenvalue weighted by Crippen LogP contribution is -2.54. The largest absolute Gasteiger partial charge is 0.336 e. The lowest BCUT2D eigenvalue weighted by molar-refractivity contribution is 0.174. The molecule has 2 aliphatic rings. The van der Waals surface area contributed by atoms with E-state index in [4.69, 9.17) is 0 Å². The first kappa shape index (κ1) is 14.4. The van der Waals surface area contributed by atoms with E-state index in [0.717, 1.165) is 26.2 Å². The van der Waals surface area contributed by atoms with Crippen LogP contribution in [0.3, 0.4) is 0 Å². The molecule has 2 atom stereocenters. The minimum Gasteiger partial charge on any atom is -0.336 e. The predicted molar refractivity (Wildman–Crippen MR) is 83.1 cm³/mol. The van der Waals surface area contributed by atoms with Crippen LogP contribution < -0.4 is 10.6 Å². The Kier molecular flexibility index (Phi) is 4.12. The Morgan fingerprint density at radius 1 is 1.43 bits per heavy atom. The van der Waals surface area contributed by atoms with Gasteiger partial charge in [0.25, 0.3) is 0 Å². The molecule has 0 spiro atoms. The molecule has 0 radical (unpaired) electrons.